The van der Waals surface area contributed by atoms with E-state index in [1.165, 1.54) is 37.8 Å². The molecule has 4 aliphatic heterocycles. The van der Waals surface area contributed by atoms with E-state index in [1.54, 1.807) is 0 Å². The van der Waals surface area contributed by atoms with Gasteiger partial charge in [-0.15, -0.1) is 0 Å². The third-order valence-electron chi connectivity index (χ3n) is 8.47. The van der Waals surface area contributed by atoms with E-state index in [2.05, 4.69) is 15.9 Å². The fraction of sp³-hybridized carbons (Fsp3) is 0.615. The van der Waals surface area contributed by atoms with Gasteiger partial charge in [-0.3, -0.25) is 14.5 Å². The number of amides is 2. The van der Waals surface area contributed by atoms with Crippen LogP contribution in [0.3, 0.4) is 0 Å². The Bertz CT molecular complexity index is 925. The molecule has 0 radical (unpaired) electrons. The smallest absolute Gasteiger partial charge is 0.254 e. The van der Waals surface area contributed by atoms with Crippen molar-refractivity contribution in [2.24, 2.45) is 11.8 Å². The molecule has 3 saturated heterocycles. The number of carbonyl (C=O) groups is 2. The quantitative estimate of drug-likeness (QED) is 0.705. The van der Waals surface area contributed by atoms with Gasteiger partial charge < -0.3 is 9.80 Å². The highest BCUT2D eigenvalue weighted by atomic mass is 16.2. The normalized spacial score (nSPS) is 32.3. The molecule has 4 heterocycles. The Morgan fingerprint density at radius 1 is 1.10 bits per heavy atom. The van der Waals surface area contributed by atoms with Crippen LogP contribution in [0.2, 0.25) is 0 Å². The second-order valence-electron chi connectivity index (χ2n) is 10.2. The van der Waals surface area contributed by atoms with E-state index in [4.69, 9.17) is 0 Å². The lowest BCUT2D eigenvalue weighted by Gasteiger charge is -2.54. The molecule has 5 nitrogen and oxygen atoms in total. The highest BCUT2D eigenvalue weighted by molar-refractivity contribution is 5.98. The Kier molecular flexibility index (Phi) is 4.90. The SMILES string of the molecule is O=C1c2ccccc2CN1CCC(=O)N1CCCC2=C[C@@H]3C[C@@H](CN4CCCC[C@H]34)[C@@H]21. The molecule has 5 aliphatic rings. The van der Waals surface area contributed by atoms with Crippen LogP contribution in [0.5, 0.6) is 0 Å². The second kappa shape index (κ2) is 7.77. The third-order valence-corrected chi connectivity index (χ3v) is 8.47. The highest BCUT2D eigenvalue weighted by Crippen LogP contribution is 2.45. The zero-order valence-corrected chi connectivity index (χ0v) is 18.3. The van der Waals surface area contributed by atoms with Crippen molar-refractivity contribution in [3.05, 3.63) is 47.0 Å². The van der Waals surface area contributed by atoms with Crippen molar-refractivity contribution >= 4 is 11.8 Å². The Morgan fingerprint density at radius 2 is 2.00 bits per heavy atom. The van der Waals surface area contributed by atoms with Crippen LogP contribution in [-0.4, -0.2) is 64.8 Å². The van der Waals surface area contributed by atoms with Gasteiger partial charge in [0.1, 0.15) is 0 Å². The molecule has 5 heteroatoms. The van der Waals surface area contributed by atoms with Gasteiger partial charge in [-0.1, -0.05) is 36.3 Å². The Morgan fingerprint density at radius 3 is 2.90 bits per heavy atom. The number of likely N-dealkylation sites (tertiary alicyclic amines) is 1. The van der Waals surface area contributed by atoms with Crippen molar-refractivity contribution in [3.63, 3.8) is 0 Å². The van der Waals surface area contributed by atoms with Crippen molar-refractivity contribution in [2.75, 3.05) is 26.2 Å². The second-order valence-corrected chi connectivity index (χ2v) is 10.2. The minimum Gasteiger partial charge on any atom is -0.336 e. The Hall–Kier alpha value is -2.14. The van der Waals surface area contributed by atoms with Crippen molar-refractivity contribution in [1.82, 2.24) is 14.7 Å². The summed E-state index contributed by atoms with van der Waals surface area (Å²) >= 11 is 0. The molecule has 0 N–H and O–H groups in total. The summed E-state index contributed by atoms with van der Waals surface area (Å²) in [5, 5.41) is 0. The van der Waals surface area contributed by atoms with Crippen molar-refractivity contribution in [1.29, 1.82) is 0 Å². The molecule has 1 aliphatic carbocycles. The molecule has 6 rings (SSSR count). The lowest BCUT2D eigenvalue weighted by atomic mass is 9.68. The summed E-state index contributed by atoms with van der Waals surface area (Å²) in [7, 11) is 0. The number of nitrogens with zero attached hydrogens (tertiary/aromatic N) is 3. The van der Waals surface area contributed by atoms with Crippen molar-refractivity contribution in [3.8, 4) is 0 Å². The summed E-state index contributed by atoms with van der Waals surface area (Å²) in [6, 6.07) is 8.86. The van der Waals surface area contributed by atoms with Gasteiger partial charge in [0, 0.05) is 44.2 Å². The standard InChI is InChI=1S/C26H33N3O2/c30-24(10-13-28-16-19-6-1-2-8-22(19)26(28)31)29-12-5-7-18-14-20-15-21(25(18)29)17-27-11-4-3-9-23(20)27/h1-2,6,8,14,20-21,23,25H,3-5,7,9-13,15-17H2/t20-,21+,23-,25-/m1/s1. The van der Waals surface area contributed by atoms with Crippen LogP contribution in [0.15, 0.2) is 35.9 Å². The summed E-state index contributed by atoms with van der Waals surface area (Å²) < 4.78 is 0. The van der Waals surface area contributed by atoms with E-state index in [0.717, 1.165) is 43.1 Å². The largest absolute Gasteiger partial charge is 0.336 e. The van der Waals surface area contributed by atoms with Crippen LogP contribution in [0, 0.1) is 11.8 Å². The molecular formula is C26H33N3O2. The lowest BCUT2D eigenvalue weighted by Crippen LogP contribution is -2.60. The van der Waals surface area contributed by atoms with Gasteiger partial charge in [-0.05, 0) is 62.1 Å². The Labute approximate surface area is 185 Å². The lowest BCUT2D eigenvalue weighted by molar-refractivity contribution is -0.136. The minimum absolute atomic E-state index is 0.0755. The molecule has 2 bridgehead atoms. The first-order valence-electron chi connectivity index (χ1n) is 12.3. The highest BCUT2D eigenvalue weighted by Gasteiger charge is 2.46. The number of fused-ring (bicyclic) bond motifs is 7. The van der Waals surface area contributed by atoms with Crippen LogP contribution in [0.4, 0.5) is 0 Å². The van der Waals surface area contributed by atoms with Gasteiger partial charge in [0.2, 0.25) is 5.91 Å². The molecule has 4 atom stereocenters. The van der Waals surface area contributed by atoms with Crippen molar-refractivity contribution in [2.45, 2.75) is 63.6 Å². The number of piperidine rings is 3. The van der Waals surface area contributed by atoms with E-state index in [9.17, 15) is 9.59 Å². The van der Waals surface area contributed by atoms with E-state index in [1.807, 2.05) is 29.2 Å². The first-order valence-corrected chi connectivity index (χ1v) is 12.3. The fourth-order valence-corrected chi connectivity index (χ4v) is 7.12. The number of carbonyl (C=O) groups excluding carboxylic acids is 2. The number of rotatable bonds is 3. The molecule has 0 unspecified atom stereocenters. The van der Waals surface area contributed by atoms with Crippen LogP contribution >= 0.6 is 0 Å². The average molecular weight is 420 g/mol. The zero-order chi connectivity index (χ0) is 20.9. The summed E-state index contributed by atoms with van der Waals surface area (Å²) in [6.07, 6.45) is 10.5. The summed E-state index contributed by atoms with van der Waals surface area (Å²) in [6.45, 7) is 4.43. The predicted molar refractivity (Wildman–Crippen MR) is 119 cm³/mol. The van der Waals surface area contributed by atoms with Gasteiger partial charge in [0.05, 0.1) is 6.04 Å². The van der Waals surface area contributed by atoms with Crippen LogP contribution in [0.25, 0.3) is 0 Å². The van der Waals surface area contributed by atoms with Crippen LogP contribution in [-0.2, 0) is 11.3 Å². The Balaban J connectivity index is 1.15. The van der Waals surface area contributed by atoms with Crippen LogP contribution < -0.4 is 0 Å². The van der Waals surface area contributed by atoms with E-state index < -0.39 is 0 Å². The van der Waals surface area contributed by atoms with Crippen LogP contribution in [0.1, 0.15) is 60.9 Å². The van der Waals surface area contributed by atoms with E-state index in [0.29, 0.717) is 37.4 Å². The van der Waals surface area contributed by atoms with E-state index in [-0.39, 0.29) is 11.8 Å². The molecule has 0 aromatic heterocycles. The van der Waals surface area contributed by atoms with Gasteiger partial charge in [0.15, 0.2) is 0 Å². The third kappa shape index (κ3) is 3.32. The molecule has 0 spiro atoms. The van der Waals surface area contributed by atoms with Gasteiger partial charge in [0.25, 0.3) is 5.91 Å². The summed E-state index contributed by atoms with van der Waals surface area (Å²) in [5.74, 6) is 1.59. The fourth-order valence-electron chi connectivity index (χ4n) is 7.12. The summed E-state index contributed by atoms with van der Waals surface area (Å²) in [5.41, 5.74) is 3.42. The first kappa shape index (κ1) is 19.5. The number of benzene rings is 1. The monoisotopic (exact) mass is 419 g/mol. The molecule has 164 valence electrons. The average Bonchev–Trinajstić information content (AvgIpc) is 3.13. The molecule has 31 heavy (non-hydrogen) atoms. The summed E-state index contributed by atoms with van der Waals surface area (Å²) in [4.78, 5) is 32.8. The molecule has 3 fully saturated rings. The number of hydrogen-bond donors (Lipinski definition) is 0. The maximum absolute atomic E-state index is 13.4. The van der Waals surface area contributed by atoms with Gasteiger partial charge in [-0.25, -0.2) is 0 Å². The molecule has 1 aromatic carbocycles. The predicted octanol–water partition coefficient (Wildman–Crippen LogP) is 3.45. The van der Waals surface area contributed by atoms with E-state index >= 15 is 0 Å². The molecule has 0 saturated carbocycles. The molecular weight excluding hydrogens is 386 g/mol. The topological polar surface area (TPSA) is 43.9 Å². The molecule has 1 aromatic rings. The number of hydrogen-bond acceptors (Lipinski definition) is 3. The maximum Gasteiger partial charge on any atom is 0.254 e. The van der Waals surface area contributed by atoms with Crippen molar-refractivity contribution < 1.29 is 9.59 Å². The van der Waals surface area contributed by atoms with Gasteiger partial charge in [-0.2, -0.15) is 0 Å². The van der Waals surface area contributed by atoms with Gasteiger partial charge >= 0.3 is 0 Å². The molecule has 2 amide bonds. The minimum atomic E-state index is 0.0755. The zero-order valence-electron chi connectivity index (χ0n) is 18.3. The first-order chi connectivity index (χ1) is 15.2. The maximum atomic E-state index is 13.4.